The summed E-state index contributed by atoms with van der Waals surface area (Å²) in [5.41, 5.74) is 0.192. The van der Waals surface area contributed by atoms with Crippen LogP contribution < -0.4 is 5.32 Å². The molecule has 3 nitrogen and oxygen atoms in total. The maximum absolute atomic E-state index is 12.5. The number of nitrogens with one attached hydrogen (secondary N) is 1. The third-order valence-corrected chi connectivity index (χ3v) is 3.63. The summed E-state index contributed by atoms with van der Waals surface area (Å²) in [7, 11) is 1.68. The van der Waals surface area contributed by atoms with Crippen LogP contribution in [0.3, 0.4) is 0 Å². The van der Waals surface area contributed by atoms with Crippen molar-refractivity contribution in [2.24, 2.45) is 5.92 Å². The maximum Gasteiger partial charge on any atom is 0.416 e. The van der Waals surface area contributed by atoms with E-state index in [1.54, 1.807) is 7.11 Å². The van der Waals surface area contributed by atoms with Gasteiger partial charge in [-0.15, -0.1) is 0 Å². The van der Waals surface area contributed by atoms with Crippen molar-refractivity contribution in [1.82, 2.24) is 5.32 Å². The largest absolute Gasteiger partial charge is 0.416 e. The van der Waals surface area contributed by atoms with Gasteiger partial charge >= 0.3 is 6.18 Å². The van der Waals surface area contributed by atoms with Gasteiger partial charge in [0.15, 0.2) is 0 Å². The zero-order valence-corrected chi connectivity index (χ0v) is 12.0. The molecule has 2 rings (SSSR count). The summed E-state index contributed by atoms with van der Waals surface area (Å²) < 4.78 is 47.8. The number of halogens is 3. The molecule has 0 aliphatic carbocycles. The minimum atomic E-state index is -4.28. The molecule has 2 atom stereocenters. The Morgan fingerprint density at radius 3 is 2.52 bits per heavy atom. The molecule has 0 spiro atoms. The number of ether oxygens (including phenoxy) is 2. The Hall–Kier alpha value is -1.11. The van der Waals surface area contributed by atoms with Crippen molar-refractivity contribution in [2.45, 2.75) is 31.8 Å². The van der Waals surface area contributed by atoms with Gasteiger partial charge in [-0.05, 0) is 30.5 Å². The summed E-state index contributed by atoms with van der Waals surface area (Å²) in [5.74, 6) is 0.453. The highest BCUT2D eigenvalue weighted by atomic mass is 19.4. The van der Waals surface area contributed by atoms with Gasteiger partial charge in [0, 0.05) is 26.2 Å². The molecule has 0 aromatic heterocycles. The van der Waals surface area contributed by atoms with Gasteiger partial charge in [-0.3, -0.25) is 5.32 Å². The van der Waals surface area contributed by atoms with E-state index in [0.717, 1.165) is 43.8 Å². The Morgan fingerprint density at radius 2 is 2.00 bits per heavy atom. The second kappa shape index (κ2) is 7.24. The van der Waals surface area contributed by atoms with Crippen molar-refractivity contribution >= 4 is 0 Å². The molecule has 0 saturated carbocycles. The first-order chi connectivity index (χ1) is 10.0. The van der Waals surface area contributed by atoms with E-state index in [-0.39, 0.29) is 6.23 Å². The summed E-state index contributed by atoms with van der Waals surface area (Å²) in [6, 6.07) is 5.20. The van der Waals surface area contributed by atoms with Gasteiger partial charge in [0.2, 0.25) is 0 Å². The number of hydrogen-bond donors (Lipinski definition) is 1. The molecule has 1 heterocycles. The second-order valence-electron chi connectivity index (χ2n) is 5.22. The van der Waals surface area contributed by atoms with E-state index >= 15 is 0 Å². The molecule has 1 aliphatic rings. The SMILES string of the molecule is COCCCC1COC1NCc1ccc(C(F)(F)F)cc1. The van der Waals surface area contributed by atoms with Crippen LogP contribution in [0.4, 0.5) is 13.2 Å². The van der Waals surface area contributed by atoms with Gasteiger partial charge in [-0.2, -0.15) is 13.2 Å². The van der Waals surface area contributed by atoms with Crippen molar-refractivity contribution in [3.8, 4) is 0 Å². The predicted octanol–water partition coefficient (Wildman–Crippen LogP) is 3.19. The van der Waals surface area contributed by atoms with Gasteiger partial charge in [0.05, 0.1) is 12.2 Å². The van der Waals surface area contributed by atoms with E-state index in [0.29, 0.717) is 12.5 Å². The molecule has 1 N–H and O–H groups in total. The lowest BCUT2D eigenvalue weighted by Gasteiger charge is -2.37. The van der Waals surface area contributed by atoms with Gasteiger partial charge < -0.3 is 9.47 Å². The highest BCUT2D eigenvalue weighted by Gasteiger charge is 2.31. The van der Waals surface area contributed by atoms with E-state index in [2.05, 4.69) is 5.32 Å². The monoisotopic (exact) mass is 303 g/mol. The first-order valence-corrected chi connectivity index (χ1v) is 7.01. The summed E-state index contributed by atoms with van der Waals surface area (Å²) in [6.07, 6.45) is -2.28. The van der Waals surface area contributed by atoms with Crippen LogP contribution in [-0.2, 0) is 22.2 Å². The molecule has 0 amide bonds. The van der Waals surface area contributed by atoms with Crippen molar-refractivity contribution in [1.29, 1.82) is 0 Å². The lowest BCUT2D eigenvalue weighted by molar-refractivity contribution is -0.138. The Labute approximate surface area is 122 Å². The first kappa shape index (κ1) is 16.3. The van der Waals surface area contributed by atoms with Crippen LogP contribution in [-0.4, -0.2) is 26.6 Å². The lowest BCUT2D eigenvalue weighted by Crippen LogP contribution is -2.49. The summed E-state index contributed by atoms with van der Waals surface area (Å²) in [4.78, 5) is 0. The van der Waals surface area contributed by atoms with Crippen molar-refractivity contribution in [3.05, 3.63) is 35.4 Å². The minimum absolute atomic E-state index is 0.0100. The Balaban J connectivity index is 1.75. The number of benzene rings is 1. The quantitative estimate of drug-likeness (QED) is 0.785. The molecule has 0 radical (unpaired) electrons. The highest BCUT2D eigenvalue weighted by Crippen LogP contribution is 2.29. The van der Waals surface area contributed by atoms with Gasteiger partial charge in [-0.1, -0.05) is 12.1 Å². The van der Waals surface area contributed by atoms with Crippen LogP contribution in [0.2, 0.25) is 0 Å². The summed E-state index contributed by atoms with van der Waals surface area (Å²) in [5, 5.41) is 3.23. The molecule has 2 unspecified atom stereocenters. The maximum atomic E-state index is 12.5. The van der Waals surface area contributed by atoms with Crippen LogP contribution in [0.15, 0.2) is 24.3 Å². The van der Waals surface area contributed by atoms with Crippen molar-refractivity contribution < 1.29 is 22.6 Å². The molecular weight excluding hydrogens is 283 g/mol. The standard InChI is InChI=1S/C15H20F3NO2/c1-20-8-2-3-12-10-21-14(12)19-9-11-4-6-13(7-5-11)15(16,17)18/h4-7,12,14,19H,2-3,8-10H2,1H3. The summed E-state index contributed by atoms with van der Waals surface area (Å²) >= 11 is 0. The van der Waals surface area contributed by atoms with Gasteiger partial charge in [-0.25, -0.2) is 0 Å². The molecule has 1 fully saturated rings. The Kier molecular flexibility index (Phi) is 5.61. The molecule has 1 saturated heterocycles. The Bertz CT molecular complexity index is 434. The number of alkyl halides is 3. The van der Waals surface area contributed by atoms with E-state index in [1.807, 2.05) is 0 Å². The van der Waals surface area contributed by atoms with Crippen LogP contribution in [0.25, 0.3) is 0 Å². The first-order valence-electron chi connectivity index (χ1n) is 7.01. The topological polar surface area (TPSA) is 30.5 Å². The zero-order chi connectivity index (χ0) is 15.3. The van der Waals surface area contributed by atoms with Crippen LogP contribution >= 0.6 is 0 Å². The fourth-order valence-electron chi connectivity index (χ4n) is 2.31. The average Bonchev–Trinajstić information content (AvgIpc) is 2.42. The van der Waals surface area contributed by atoms with E-state index in [1.165, 1.54) is 12.1 Å². The molecule has 1 aromatic rings. The molecule has 1 aliphatic heterocycles. The normalized spacial score (nSPS) is 22.1. The van der Waals surface area contributed by atoms with Crippen molar-refractivity contribution in [2.75, 3.05) is 20.3 Å². The number of rotatable bonds is 7. The minimum Gasteiger partial charge on any atom is -0.385 e. The highest BCUT2D eigenvalue weighted by molar-refractivity contribution is 5.24. The predicted molar refractivity (Wildman–Crippen MR) is 72.6 cm³/mol. The average molecular weight is 303 g/mol. The van der Waals surface area contributed by atoms with Crippen LogP contribution in [0, 0.1) is 5.92 Å². The molecule has 1 aromatic carbocycles. The fraction of sp³-hybridized carbons (Fsp3) is 0.600. The van der Waals surface area contributed by atoms with E-state index in [4.69, 9.17) is 9.47 Å². The smallest absolute Gasteiger partial charge is 0.385 e. The summed E-state index contributed by atoms with van der Waals surface area (Å²) in [6.45, 7) is 1.97. The third kappa shape index (κ3) is 4.69. The number of methoxy groups -OCH3 is 1. The van der Waals surface area contributed by atoms with Gasteiger partial charge in [0.25, 0.3) is 0 Å². The second-order valence-corrected chi connectivity index (χ2v) is 5.22. The number of hydrogen-bond acceptors (Lipinski definition) is 3. The molecule has 0 bridgehead atoms. The molecular formula is C15H20F3NO2. The molecule has 6 heteroatoms. The molecule has 118 valence electrons. The zero-order valence-electron chi connectivity index (χ0n) is 12.0. The third-order valence-electron chi connectivity index (χ3n) is 3.63. The van der Waals surface area contributed by atoms with Crippen LogP contribution in [0.1, 0.15) is 24.0 Å². The van der Waals surface area contributed by atoms with Crippen LogP contribution in [0.5, 0.6) is 0 Å². The Morgan fingerprint density at radius 1 is 1.29 bits per heavy atom. The van der Waals surface area contributed by atoms with Crippen molar-refractivity contribution in [3.63, 3.8) is 0 Å². The fourth-order valence-corrected chi connectivity index (χ4v) is 2.31. The van der Waals surface area contributed by atoms with E-state index in [9.17, 15) is 13.2 Å². The lowest BCUT2D eigenvalue weighted by atomic mass is 9.98. The van der Waals surface area contributed by atoms with Gasteiger partial charge in [0.1, 0.15) is 6.23 Å². The molecule has 21 heavy (non-hydrogen) atoms. The van der Waals surface area contributed by atoms with E-state index < -0.39 is 11.7 Å².